The molecule has 0 radical (unpaired) electrons. The maximum atomic E-state index is 15.0. The summed E-state index contributed by atoms with van der Waals surface area (Å²) in [6, 6.07) is -6.54. The lowest BCUT2D eigenvalue weighted by Gasteiger charge is -2.34. The third-order valence-corrected chi connectivity index (χ3v) is 18.5. The van der Waals surface area contributed by atoms with Crippen molar-refractivity contribution in [2.45, 2.75) is 213 Å². The van der Waals surface area contributed by atoms with E-state index < -0.39 is 207 Å². The second kappa shape index (κ2) is 38.9. The van der Waals surface area contributed by atoms with Crippen LogP contribution in [0.4, 0.5) is 0 Å². The lowest BCUT2D eigenvalue weighted by atomic mass is 10.0. The fourth-order valence-electron chi connectivity index (χ4n) is 12.9. The number of nitrogens with two attached hydrogens (primary N) is 4. The van der Waals surface area contributed by atoms with E-state index in [4.69, 9.17) is 22.9 Å². The molecular weight excluding hydrogens is 1320 g/mol. The number of β-amino-alcohol motifs (C(OH)–C–C–N with tert-alkyl or cyclic N) is 3. The lowest BCUT2D eigenvalue weighted by Crippen LogP contribution is -2.62. The zero-order chi connectivity index (χ0) is 74.4. The smallest absolute Gasteiger partial charge is 0.326 e. The molecule has 0 aliphatic carbocycles. The first-order valence-electron chi connectivity index (χ1n) is 34.3. The minimum absolute atomic E-state index is 0.00495. The number of likely N-dealkylation sites (tertiary alicyclic amines) is 4. The summed E-state index contributed by atoms with van der Waals surface area (Å²) in [6.45, 7) is 1.03. The summed E-state index contributed by atoms with van der Waals surface area (Å²) in [5, 5.41) is 102. The second-order valence-electron chi connectivity index (χ2n) is 26.4. The number of aromatic hydroxyl groups is 2. The largest absolute Gasteiger partial charge is 0.508 e. The summed E-state index contributed by atoms with van der Waals surface area (Å²) < 4.78 is 0. The van der Waals surface area contributed by atoms with E-state index in [1.54, 1.807) is 0 Å². The SMILES string of the molecule is C[C@H](NC(=O)[C@@H](N)CCCCN)C(=O)N[C@@H](CCCCN)C(=O)N1CCC[C@H]1C(=O)N[C@@H](CO)C(=O)N[C@@H](Cc1ccc(O)cc1)C(=O)N1C[C@H](O)C[C@H]1C(=O)N1C[C@H](O)C[C@H]1C(=O)N[C@H](C(=O)N[C@@H](Cc1ccc(O)cc1)C(=O)N1C[C@H](O)C[C@H]1C(=O)N[C@@H](CCCCN)C(=O)O)[C@@H](C)O. The number of aliphatic hydroxyl groups is 5. The third-order valence-electron chi connectivity index (χ3n) is 18.5. The van der Waals surface area contributed by atoms with Crippen LogP contribution in [0.3, 0.4) is 0 Å². The van der Waals surface area contributed by atoms with E-state index >= 15 is 4.79 Å². The van der Waals surface area contributed by atoms with Crippen LogP contribution in [0.5, 0.6) is 11.5 Å². The van der Waals surface area contributed by atoms with Crippen LogP contribution in [0.25, 0.3) is 0 Å². The summed E-state index contributed by atoms with van der Waals surface area (Å²) in [5.41, 5.74) is 23.6. The Balaban J connectivity index is 1.17. The molecule has 11 amide bonds. The van der Waals surface area contributed by atoms with E-state index in [-0.39, 0.29) is 69.7 Å². The maximum absolute atomic E-state index is 15.0. The highest BCUT2D eigenvalue weighted by atomic mass is 16.4. The van der Waals surface area contributed by atoms with Crippen LogP contribution in [0.2, 0.25) is 0 Å². The van der Waals surface area contributed by atoms with E-state index in [0.717, 1.165) is 21.6 Å². The topological polar surface area (TPSA) is 568 Å². The fraction of sp³-hybridized carbons (Fsp3) is 0.636. The number of aliphatic hydroxyl groups excluding tert-OH is 5. The highest BCUT2D eigenvalue weighted by Crippen LogP contribution is 2.29. The summed E-state index contributed by atoms with van der Waals surface area (Å²) >= 11 is 0. The molecule has 2 aromatic rings. The average molecular weight is 1420 g/mol. The van der Waals surface area contributed by atoms with Gasteiger partial charge in [0.25, 0.3) is 0 Å². The van der Waals surface area contributed by atoms with Gasteiger partial charge in [0.15, 0.2) is 0 Å². The van der Waals surface area contributed by atoms with Gasteiger partial charge < -0.3 is 121 Å². The predicted molar refractivity (Wildman–Crippen MR) is 359 cm³/mol. The molecule has 4 heterocycles. The first-order valence-corrected chi connectivity index (χ1v) is 34.3. The highest BCUT2D eigenvalue weighted by Gasteiger charge is 2.50. The molecule has 4 aliphatic heterocycles. The van der Waals surface area contributed by atoms with Gasteiger partial charge in [-0.1, -0.05) is 30.7 Å². The van der Waals surface area contributed by atoms with Gasteiger partial charge in [-0.05, 0) is 133 Å². The molecule has 0 saturated carbocycles. The molecule has 0 spiro atoms. The van der Waals surface area contributed by atoms with Crippen molar-refractivity contribution < 1.29 is 98.4 Å². The highest BCUT2D eigenvalue weighted by molar-refractivity contribution is 6.00. The van der Waals surface area contributed by atoms with Gasteiger partial charge >= 0.3 is 5.97 Å². The van der Waals surface area contributed by atoms with E-state index in [1.165, 1.54) is 60.4 Å². The van der Waals surface area contributed by atoms with Gasteiger partial charge in [0.2, 0.25) is 65.0 Å². The van der Waals surface area contributed by atoms with Crippen molar-refractivity contribution in [2.75, 3.05) is 52.4 Å². The normalized spacial score (nSPS) is 22.3. The van der Waals surface area contributed by atoms with Gasteiger partial charge in [0.05, 0.1) is 37.1 Å². The van der Waals surface area contributed by atoms with Crippen molar-refractivity contribution in [3.63, 3.8) is 0 Å². The average Bonchev–Trinajstić information content (AvgIpc) is 1.67. The van der Waals surface area contributed by atoms with Crippen LogP contribution in [0, 0.1) is 0 Å². The van der Waals surface area contributed by atoms with Crippen molar-refractivity contribution in [2.24, 2.45) is 22.9 Å². The minimum atomic E-state index is -1.91. The Bertz CT molecular complexity index is 3190. The molecule has 35 nitrogen and oxygen atoms in total. The summed E-state index contributed by atoms with van der Waals surface area (Å²) in [4.78, 5) is 173. The monoisotopic (exact) mass is 1420 g/mol. The van der Waals surface area contributed by atoms with Gasteiger partial charge in [0, 0.05) is 58.3 Å². The van der Waals surface area contributed by atoms with Gasteiger partial charge in [-0.3, -0.25) is 52.7 Å². The van der Waals surface area contributed by atoms with E-state index in [9.17, 15) is 93.6 Å². The quantitative estimate of drug-likeness (QED) is 0.0280. The number of amides is 11. The first kappa shape index (κ1) is 81.3. The molecule has 6 rings (SSSR count). The Kier molecular flexibility index (Phi) is 31.3. The molecule has 0 bridgehead atoms. The molecule has 4 aliphatic rings. The standard InChI is InChI=1S/C66H101N15O20/c1-35(71-56(90)44(70)10-3-6-22-67)55(89)72-45(11-4-7-23-68)62(96)78-25-9-13-50(78)58(92)76-49(34-82)57(91)74-47(26-37-14-18-39(84)19-15-37)64(98)81-33-43(88)30-53(81)65(99)80-32-42(87)29-52(80)60(94)77-54(36(2)83)61(95)75-48(27-38-16-20-40(85)21-17-38)63(97)79-31-41(86)28-51(79)59(93)73-46(66(100)101)12-5-8-24-69/h14-21,35-36,41-54,82-88H,3-13,22-34,67-70H2,1-2H3,(H,71,90)(H,72,89)(H,73,93)(H,74,91)(H,75,95)(H,76,92)(H,77,94)(H,100,101)/t35-,36+,41+,42+,43+,44-,45-,46-,47-,48-,49-,50-,51-,52-,53-,54-/m0/s1. The number of carboxylic acids is 1. The maximum Gasteiger partial charge on any atom is 0.326 e. The summed E-state index contributed by atoms with van der Waals surface area (Å²) in [5.74, 6) is -11.7. The number of carbonyl (C=O) groups excluding carboxylic acids is 11. The Hall–Kier alpha value is -8.68. The van der Waals surface area contributed by atoms with Crippen molar-refractivity contribution in [1.82, 2.24) is 56.8 Å². The molecule has 23 N–H and O–H groups in total. The van der Waals surface area contributed by atoms with Gasteiger partial charge in [-0.25, -0.2) is 4.79 Å². The van der Waals surface area contributed by atoms with Crippen molar-refractivity contribution in [3.8, 4) is 11.5 Å². The van der Waals surface area contributed by atoms with Crippen LogP contribution >= 0.6 is 0 Å². The van der Waals surface area contributed by atoms with Gasteiger partial charge in [0.1, 0.15) is 78.0 Å². The number of nitrogens with one attached hydrogen (secondary N) is 7. The van der Waals surface area contributed by atoms with Gasteiger partial charge in [-0.2, -0.15) is 0 Å². The molecule has 4 saturated heterocycles. The van der Waals surface area contributed by atoms with E-state index in [1.807, 2.05) is 0 Å². The summed E-state index contributed by atoms with van der Waals surface area (Å²) in [6.07, 6.45) is -3.93. The number of phenolic OH excluding ortho intramolecular Hbond substituents is 2. The summed E-state index contributed by atoms with van der Waals surface area (Å²) in [7, 11) is 0. The number of carboxylic acid groups (broad SMARTS) is 1. The molecule has 101 heavy (non-hydrogen) atoms. The Labute approximate surface area is 584 Å². The van der Waals surface area contributed by atoms with Crippen molar-refractivity contribution >= 4 is 70.9 Å². The number of hydrogen-bond acceptors (Lipinski definition) is 23. The number of phenols is 2. The van der Waals surface area contributed by atoms with Gasteiger partial charge in [-0.15, -0.1) is 0 Å². The molecular formula is C66H101N15O20. The van der Waals surface area contributed by atoms with Crippen LogP contribution in [-0.2, 0) is 70.4 Å². The molecule has 2 aromatic carbocycles. The van der Waals surface area contributed by atoms with E-state index in [0.29, 0.717) is 69.0 Å². The number of rotatable bonds is 37. The minimum Gasteiger partial charge on any atom is -0.508 e. The molecule has 35 heteroatoms. The zero-order valence-corrected chi connectivity index (χ0v) is 56.9. The van der Waals surface area contributed by atoms with E-state index in [2.05, 4.69) is 37.2 Å². The Morgan fingerprint density at radius 2 is 0.911 bits per heavy atom. The Morgan fingerprint density at radius 3 is 1.42 bits per heavy atom. The molecule has 16 atom stereocenters. The van der Waals surface area contributed by atoms with Crippen LogP contribution in [0.1, 0.15) is 115 Å². The first-order chi connectivity index (χ1) is 48.0. The zero-order valence-electron chi connectivity index (χ0n) is 56.9. The number of carbonyl (C=O) groups is 12. The van der Waals surface area contributed by atoms with Crippen LogP contribution < -0.4 is 60.2 Å². The number of hydrogen-bond donors (Lipinski definition) is 19. The lowest BCUT2D eigenvalue weighted by molar-refractivity contribution is -0.148. The fourth-order valence-corrected chi connectivity index (χ4v) is 12.9. The second-order valence-corrected chi connectivity index (χ2v) is 26.4. The van der Waals surface area contributed by atoms with Crippen LogP contribution in [-0.4, -0.2) is 281 Å². The molecule has 560 valence electrons. The molecule has 4 fully saturated rings. The van der Waals surface area contributed by atoms with Crippen molar-refractivity contribution in [1.29, 1.82) is 0 Å². The molecule has 0 aromatic heterocycles. The third kappa shape index (κ3) is 22.9. The molecule has 0 unspecified atom stereocenters. The predicted octanol–water partition coefficient (Wildman–Crippen LogP) is -6.66. The van der Waals surface area contributed by atoms with Crippen molar-refractivity contribution in [3.05, 3.63) is 59.7 Å². The number of unbranched alkanes of at least 4 members (excludes halogenated alkanes) is 3. The number of benzene rings is 2. The Morgan fingerprint density at radius 1 is 0.485 bits per heavy atom. The van der Waals surface area contributed by atoms with Crippen LogP contribution in [0.15, 0.2) is 48.5 Å². The number of aliphatic carboxylic acids is 1. The number of nitrogens with zero attached hydrogens (tertiary/aromatic N) is 4.